The average Bonchev–Trinajstić information content (AvgIpc) is 3.20. The molecule has 1 aromatic carbocycles. The molecule has 2 aliphatic carbocycles. The van der Waals surface area contributed by atoms with Gasteiger partial charge in [0, 0.05) is 12.1 Å². The van der Waals surface area contributed by atoms with Gasteiger partial charge in [0.05, 0.1) is 5.69 Å². The molecule has 0 spiro atoms. The van der Waals surface area contributed by atoms with Crippen molar-refractivity contribution in [1.29, 1.82) is 0 Å². The van der Waals surface area contributed by atoms with E-state index < -0.39 is 0 Å². The zero-order valence-corrected chi connectivity index (χ0v) is 13.5. The van der Waals surface area contributed by atoms with Crippen LogP contribution in [0.2, 0.25) is 0 Å². The maximum atomic E-state index is 12.5. The van der Waals surface area contributed by atoms with Crippen molar-refractivity contribution in [3.63, 3.8) is 0 Å². The van der Waals surface area contributed by atoms with E-state index in [0.717, 1.165) is 29.3 Å². The molecule has 5 nitrogen and oxygen atoms in total. The second-order valence-corrected chi connectivity index (χ2v) is 7.01. The quantitative estimate of drug-likeness (QED) is 0.924. The Morgan fingerprint density at radius 3 is 2.78 bits per heavy atom. The van der Waals surface area contributed by atoms with Gasteiger partial charge >= 0.3 is 0 Å². The fourth-order valence-electron chi connectivity index (χ4n) is 3.79. The Morgan fingerprint density at radius 2 is 2.22 bits per heavy atom. The molecule has 0 atom stereocenters. The third-order valence-corrected chi connectivity index (χ3v) is 5.53. The smallest absolute Gasteiger partial charge is 0.251 e. The molecule has 0 radical (unpaired) electrons. The zero-order chi connectivity index (χ0) is 15.9. The number of carbonyl (C=O) groups is 1. The van der Waals surface area contributed by atoms with E-state index in [4.69, 9.17) is 0 Å². The van der Waals surface area contributed by atoms with Gasteiger partial charge in [-0.3, -0.25) is 4.79 Å². The molecule has 0 unspecified atom stereocenters. The van der Waals surface area contributed by atoms with Crippen LogP contribution in [0.4, 0.5) is 0 Å². The fourth-order valence-corrected chi connectivity index (χ4v) is 3.79. The van der Waals surface area contributed by atoms with E-state index in [9.17, 15) is 4.79 Å². The van der Waals surface area contributed by atoms with Crippen LogP contribution in [-0.2, 0) is 0 Å². The molecule has 1 N–H and O–H groups in total. The molecule has 1 aromatic heterocycles. The maximum Gasteiger partial charge on any atom is 0.251 e. The number of hydrogen-bond acceptors (Lipinski definition) is 3. The first-order valence-electron chi connectivity index (χ1n) is 8.42. The van der Waals surface area contributed by atoms with Gasteiger partial charge in [0.25, 0.3) is 5.91 Å². The lowest BCUT2D eigenvalue weighted by atomic mass is 9.65. The summed E-state index contributed by atoms with van der Waals surface area (Å²) in [6.45, 7) is 2.80. The van der Waals surface area contributed by atoms with Crippen molar-refractivity contribution < 1.29 is 4.79 Å². The third kappa shape index (κ3) is 2.64. The largest absolute Gasteiger partial charge is 0.351 e. The van der Waals surface area contributed by atoms with E-state index in [1.807, 2.05) is 25.1 Å². The molecule has 2 aromatic rings. The Kier molecular flexibility index (Phi) is 3.43. The number of nitrogens with one attached hydrogen (secondary N) is 1. The maximum absolute atomic E-state index is 12.5. The van der Waals surface area contributed by atoms with Crippen LogP contribution in [-0.4, -0.2) is 27.2 Å². The Hall–Kier alpha value is -2.17. The number of aromatic nitrogens is 3. The highest BCUT2D eigenvalue weighted by molar-refractivity contribution is 5.95. The first-order chi connectivity index (χ1) is 11.2. The second kappa shape index (κ2) is 5.48. The van der Waals surface area contributed by atoms with Crippen LogP contribution in [0.15, 0.2) is 30.9 Å². The minimum absolute atomic E-state index is 0.0413. The first-order valence-corrected chi connectivity index (χ1v) is 8.42. The van der Waals surface area contributed by atoms with Gasteiger partial charge in [-0.1, -0.05) is 6.42 Å². The average molecular weight is 310 g/mol. The normalized spacial score (nSPS) is 19.2. The number of aryl methyl sites for hydroxylation is 1. The van der Waals surface area contributed by atoms with Crippen molar-refractivity contribution >= 4 is 5.91 Å². The van der Waals surface area contributed by atoms with Crippen LogP contribution in [0.3, 0.4) is 0 Å². The number of carbonyl (C=O) groups excluding carboxylic acids is 1. The Balaban J connectivity index is 1.46. The van der Waals surface area contributed by atoms with Gasteiger partial charge in [0.15, 0.2) is 0 Å². The van der Waals surface area contributed by atoms with Crippen molar-refractivity contribution in [2.45, 2.75) is 39.0 Å². The number of nitrogens with zero attached hydrogens (tertiary/aromatic N) is 3. The summed E-state index contributed by atoms with van der Waals surface area (Å²) in [6, 6.07) is 5.77. The van der Waals surface area contributed by atoms with E-state index in [-0.39, 0.29) is 5.91 Å². The Labute approximate surface area is 136 Å². The lowest BCUT2D eigenvalue weighted by Gasteiger charge is -2.42. The van der Waals surface area contributed by atoms with Crippen molar-refractivity contribution in [2.24, 2.45) is 11.3 Å². The summed E-state index contributed by atoms with van der Waals surface area (Å²) in [4.78, 5) is 16.5. The predicted molar refractivity (Wildman–Crippen MR) is 87.4 cm³/mol. The van der Waals surface area contributed by atoms with Crippen molar-refractivity contribution in [3.8, 4) is 5.69 Å². The van der Waals surface area contributed by atoms with E-state index in [2.05, 4.69) is 15.4 Å². The van der Waals surface area contributed by atoms with Gasteiger partial charge in [-0.05, 0) is 67.7 Å². The van der Waals surface area contributed by atoms with Crippen molar-refractivity contribution in [3.05, 3.63) is 42.0 Å². The summed E-state index contributed by atoms with van der Waals surface area (Å²) >= 11 is 0. The summed E-state index contributed by atoms with van der Waals surface area (Å²) in [5.41, 5.74) is 3.04. The van der Waals surface area contributed by atoms with Crippen LogP contribution in [0.5, 0.6) is 0 Å². The van der Waals surface area contributed by atoms with Gasteiger partial charge in [-0.15, -0.1) is 0 Å². The van der Waals surface area contributed by atoms with E-state index >= 15 is 0 Å². The lowest BCUT2D eigenvalue weighted by Crippen LogP contribution is -2.43. The minimum atomic E-state index is 0.0413. The van der Waals surface area contributed by atoms with Gasteiger partial charge < -0.3 is 5.32 Å². The Morgan fingerprint density at radius 1 is 1.39 bits per heavy atom. The first kappa shape index (κ1) is 14.4. The highest BCUT2D eigenvalue weighted by atomic mass is 16.1. The van der Waals surface area contributed by atoms with Gasteiger partial charge in [0.2, 0.25) is 0 Å². The van der Waals surface area contributed by atoms with Gasteiger partial charge in [-0.25, -0.2) is 9.67 Å². The molecule has 2 fully saturated rings. The molecule has 1 heterocycles. The van der Waals surface area contributed by atoms with Crippen LogP contribution in [0.1, 0.15) is 48.0 Å². The topological polar surface area (TPSA) is 59.8 Å². The monoisotopic (exact) mass is 310 g/mol. The number of amides is 1. The number of benzene rings is 1. The molecule has 0 bridgehead atoms. The molecular weight excluding hydrogens is 288 g/mol. The zero-order valence-electron chi connectivity index (χ0n) is 13.5. The van der Waals surface area contributed by atoms with Gasteiger partial charge in [0.1, 0.15) is 12.7 Å². The predicted octanol–water partition coefficient (Wildman–Crippen LogP) is 2.89. The van der Waals surface area contributed by atoms with Crippen molar-refractivity contribution in [1.82, 2.24) is 20.1 Å². The lowest BCUT2D eigenvalue weighted by molar-refractivity contribution is 0.0781. The number of rotatable bonds is 5. The molecular formula is C18H22N4O. The number of hydrogen-bond donors (Lipinski definition) is 1. The van der Waals surface area contributed by atoms with Crippen LogP contribution in [0, 0.1) is 18.3 Å². The van der Waals surface area contributed by atoms with Crippen LogP contribution >= 0.6 is 0 Å². The molecule has 2 aliphatic rings. The SMILES string of the molecule is Cc1cc(-n2cncn2)ccc1C(=O)NCC1(C2CC2)CCC1. The molecule has 23 heavy (non-hydrogen) atoms. The summed E-state index contributed by atoms with van der Waals surface area (Å²) in [7, 11) is 0. The summed E-state index contributed by atoms with van der Waals surface area (Å²) in [5.74, 6) is 0.895. The highest BCUT2D eigenvalue weighted by Crippen LogP contribution is 2.56. The standard InChI is InChI=1S/C18H22N4O/c1-13-9-15(22-12-19-11-21-22)5-6-16(13)17(23)20-10-18(7-2-8-18)14-3-4-14/h5-6,9,11-12,14H,2-4,7-8,10H2,1H3,(H,20,23). The van der Waals surface area contributed by atoms with Crippen molar-refractivity contribution in [2.75, 3.05) is 6.54 Å². The van der Waals surface area contributed by atoms with Crippen LogP contribution < -0.4 is 5.32 Å². The molecule has 0 aliphatic heterocycles. The molecule has 120 valence electrons. The highest BCUT2D eigenvalue weighted by Gasteiger charge is 2.48. The molecule has 1 amide bonds. The summed E-state index contributed by atoms with van der Waals surface area (Å²) < 4.78 is 1.70. The third-order valence-electron chi connectivity index (χ3n) is 5.53. The van der Waals surface area contributed by atoms with E-state index in [0.29, 0.717) is 5.41 Å². The van der Waals surface area contributed by atoms with E-state index in [1.54, 1.807) is 11.0 Å². The minimum Gasteiger partial charge on any atom is -0.351 e. The Bertz CT molecular complexity index is 715. The van der Waals surface area contributed by atoms with E-state index in [1.165, 1.54) is 38.4 Å². The molecule has 4 rings (SSSR count). The summed E-state index contributed by atoms with van der Waals surface area (Å²) in [6.07, 6.45) is 9.74. The molecule has 5 heteroatoms. The van der Waals surface area contributed by atoms with Crippen LogP contribution in [0.25, 0.3) is 5.69 Å². The summed E-state index contributed by atoms with van der Waals surface area (Å²) in [5, 5.41) is 7.31. The fraction of sp³-hybridized carbons (Fsp3) is 0.500. The van der Waals surface area contributed by atoms with Gasteiger partial charge in [-0.2, -0.15) is 5.10 Å². The molecule has 2 saturated carbocycles. The molecule has 0 saturated heterocycles. The second-order valence-electron chi connectivity index (χ2n) is 7.01.